The van der Waals surface area contributed by atoms with Gasteiger partial charge in [0.25, 0.3) is 0 Å². The minimum absolute atomic E-state index is 0.424. The summed E-state index contributed by atoms with van der Waals surface area (Å²) in [7, 11) is 3.01. The zero-order chi connectivity index (χ0) is 15.3. The van der Waals surface area contributed by atoms with Crippen LogP contribution in [0, 0.1) is 0 Å². The SMILES string of the molecule is COc1ccnc(C(C=O)N(C)C(=O)OC(C)(C)C)c1. The Bertz CT molecular complexity index is 482. The number of likely N-dealkylation sites (N-methyl/N-ethyl adjacent to an activating group) is 1. The number of pyridine rings is 1. The Morgan fingerprint density at radius 2 is 2.10 bits per heavy atom. The van der Waals surface area contributed by atoms with Gasteiger partial charge in [0.2, 0.25) is 0 Å². The fraction of sp³-hybridized carbons (Fsp3) is 0.500. The second-order valence-corrected chi connectivity index (χ2v) is 5.29. The van der Waals surface area contributed by atoms with Crippen LogP contribution in [0.5, 0.6) is 5.75 Å². The van der Waals surface area contributed by atoms with Crippen LogP contribution >= 0.6 is 0 Å². The molecule has 1 unspecified atom stereocenters. The van der Waals surface area contributed by atoms with E-state index in [1.807, 2.05) is 0 Å². The summed E-state index contributed by atoms with van der Waals surface area (Å²) in [6.45, 7) is 5.29. The van der Waals surface area contributed by atoms with Gasteiger partial charge >= 0.3 is 6.09 Å². The molecule has 1 heterocycles. The molecule has 1 aromatic rings. The molecule has 0 spiro atoms. The molecule has 1 rings (SSSR count). The molecular weight excluding hydrogens is 260 g/mol. The molecule has 0 saturated heterocycles. The Kier molecular flexibility index (Phi) is 5.07. The number of hydrogen-bond acceptors (Lipinski definition) is 5. The van der Waals surface area contributed by atoms with E-state index in [-0.39, 0.29) is 0 Å². The van der Waals surface area contributed by atoms with Gasteiger partial charge in [0.05, 0.1) is 12.8 Å². The molecule has 1 amide bonds. The van der Waals surface area contributed by atoms with Gasteiger partial charge in [-0.2, -0.15) is 0 Å². The molecule has 0 aliphatic heterocycles. The van der Waals surface area contributed by atoms with Crippen molar-refractivity contribution >= 4 is 12.4 Å². The lowest BCUT2D eigenvalue weighted by atomic mass is 10.2. The van der Waals surface area contributed by atoms with Gasteiger partial charge in [0.15, 0.2) is 0 Å². The minimum atomic E-state index is -0.819. The van der Waals surface area contributed by atoms with Crippen molar-refractivity contribution in [3.05, 3.63) is 24.0 Å². The van der Waals surface area contributed by atoms with Crippen LogP contribution < -0.4 is 4.74 Å². The second kappa shape index (κ2) is 6.36. The van der Waals surface area contributed by atoms with E-state index in [9.17, 15) is 9.59 Å². The summed E-state index contributed by atoms with van der Waals surface area (Å²) >= 11 is 0. The molecule has 6 nitrogen and oxygen atoms in total. The van der Waals surface area contributed by atoms with Gasteiger partial charge in [-0.1, -0.05) is 0 Å². The highest BCUT2D eigenvalue weighted by Gasteiger charge is 2.27. The van der Waals surface area contributed by atoms with Crippen molar-refractivity contribution < 1.29 is 19.1 Å². The molecule has 0 saturated carbocycles. The molecule has 0 N–H and O–H groups in total. The Morgan fingerprint density at radius 1 is 1.45 bits per heavy atom. The number of amides is 1. The molecule has 0 aliphatic carbocycles. The zero-order valence-corrected chi connectivity index (χ0v) is 12.4. The van der Waals surface area contributed by atoms with Crippen LogP contribution in [0.3, 0.4) is 0 Å². The lowest BCUT2D eigenvalue weighted by Gasteiger charge is -2.27. The lowest BCUT2D eigenvalue weighted by Crippen LogP contribution is -2.37. The Morgan fingerprint density at radius 3 is 2.60 bits per heavy atom. The zero-order valence-electron chi connectivity index (χ0n) is 12.4. The molecular formula is C14H20N2O4. The van der Waals surface area contributed by atoms with Crippen LogP contribution in [0.1, 0.15) is 32.5 Å². The van der Waals surface area contributed by atoms with Crippen LogP contribution in [0.25, 0.3) is 0 Å². The first-order valence-corrected chi connectivity index (χ1v) is 6.19. The first kappa shape index (κ1) is 15.9. The summed E-state index contributed by atoms with van der Waals surface area (Å²) in [5, 5.41) is 0. The van der Waals surface area contributed by atoms with E-state index in [0.717, 1.165) is 0 Å². The van der Waals surface area contributed by atoms with Crippen LogP contribution in [0.2, 0.25) is 0 Å². The number of aldehydes is 1. The van der Waals surface area contributed by atoms with Crippen molar-refractivity contribution in [3.8, 4) is 5.75 Å². The molecule has 20 heavy (non-hydrogen) atoms. The van der Waals surface area contributed by atoms with Gasteiger partial charge in [-0.15, -0.1) is 0 Å². The Balaban J connectivity index is 2.94. The van der Waals surface area contributed by atoms with Crippen LogP contribution in [0.15, 0.2) is 18.3 Å². The summed E-state index contributed by atoms with van der Waals surface area (Å²) < 4.78 is 10.3. The smallest absolute Gasteiger partial charge is 0.410 e. The molecule has 110 valence electrons. The van der Waals surface area contributed by atoms with Gasteiger partial charge in [0, 0.05) is 19.3 Å². The van der Waals surface area contributed by atoms with Crippen LogP contribution in [-0.2, 0) is 9.53 Å². The number of methoxy groups -OCH3 is 1. The number of rotatable bonds is 4. The summed E-state index contributed by atoms with van der Waals surface area (Å²) in [5.74, 6) is 0.569. The monoisotopic (exact) mass is 280 g/mol. The first-order chi connectivity index (χ1) is 9.28. The van der Waals surface area contributed by atoms with E-state index in [1.165, 1.54) is 25.3 Å². The molecule has 6 heteroatoms. The van der Waals surface area contributed by atoms with E-state index >= 15 is 0 Å². The number of hydrogen-bond donors (Lipinski definition) is 0. The van der Waals surface area contributed by atoms with Crippen molar-refractivity contribution in [2.45, 2.75) is 32.4 Å². The van der Waals surface area contributed by atoms with Crippen LogP contribution in [0.4, 0.5) is 4.79 Å². The van der Waals surface area contributed by atoms with E-state index in [1.54, 1.807) is 32.9 Å². The maximum Gasteiger partial charge on any atom is 0.410 e. The third-order valence-electron chi connectivity index (χ3n) is 2.52. The van der Waals surface area contributed by atoms with Gasteiger partial charge in [-0.25, -0.2) is 4.79 Å². The highest BCUT2D eigenvalue weighted by molar-refractivity contribution is 5.74. The van der Waals surface area contributed by atoms with E-state index in [2.05, 4.69) is 4.98 Å². The van der Waals surface area contributed by atoms with Crippen LogP contribution in [-0.4, -0.2) is 42.0 Å². The molecule has 0 aliphatic rings. The molecule has 0 bridgehead atoms. The largest absolute Gasteiger partial charge is 0.497 e. The maximum absolute atomic E-state index is 12.0. The summed E-state index contributed by atoms with van der Waals surface area (Å²) in [6, 6.07) is 2.46. The predicted molar refractivity (Wildman–Crippen MR) is 73.6 cm³/mol. The van der Waals surface area contributed by atoms with E-state index in [4.69, 9.17) is 9.47 Å². The van der Waals surface area contributed by atoms with Crippen molar-refractivity contribution in [1.29, 1.82) is 0 Å². The lowest BCUT2D eigenvalue weighted by molar-refractivity contribution is -0.112. The molecule has 1 aromatic heterocycles. The maximum atomic E-state index is 12.0. The van der Waals surface area contributed by atoms with Gasteiger partial charge < -0.3 is 14.3 Å². The highest BCUT2D eigenvalue weighted by Crippen LogP contribution is 2.21. The predicted octanol–water partition coefficient (Wildman–Crippen LogP) is 2.20. The summed E-state index contributed by atoms with van der Waals surface area (Å²) in [5.41, 5.74) is -0.201. The minimum Gasteiger partial charge on any atom is -0.497 e. The van der Waals surface area contributed by atoms with Gasteiger partial charge in [-0.3, -0.25) is 9.88 Å². The number of carbonyl (C=O) groups is 2. The number of carbonyl (C=O) groups excluding carboxylic acids is 2. The average Bonchev–Trinajstić information content (AvgIpc) is 2.37. The topological polar surface area (TPSA) is 68.7 Å². The van der Waals surface area contributed by atoms with Crippen molar-refractivity contribution in [2.75, 3.05) is 14.2 Å². The Hall–Kier alpha value is -2.11. The fourth-order valence-electron chi connectivity index (χ4n) is 1.52. The second-order valence-electron chi connectivity index (χ2n) is 5.29. The van der Waals surface area contributed by atoms with Crippen molar-refractivity contribution in [2.24, 2.45) is 0 Å². The Labute approximate surface area is 118 Å². The average molecular weight is 280 g/mol. The molecule has 0 aromatic carbocycles. The molecule has 0 radical (unpaired) electrons. The van der Waals surface area contributed by atoms with Gasteiger partial charge in [-0.05, 0) is 26.8 Å². The molecule has 0 fully saturated rings. The first-order valence-electron chi connectivity index (χ1n) is 6.19. The summed E-state index contributed by atoms with van der Waals surface area (Å²) in [6.07, 6.45) is 1.58. The van der Waals surface area contributed by atoms with E-state index < -0.39 is 17.7 Å². The third kappa shape index (κ3) is 4.22. The van der Waals surface area contributed by atoms with E-state index in [0.29, 0.717) is 17.7 Å². The normalized spacial score (nSPS) is 12.4. The molecule has 1 atom stereocenters. The standard InChI is InChI=1S/C14H20N2O4/c1-14(2,3)20-13(18)16(4)12(9-17)11-8-10(19-5)6-7-15-11/h6-9,12H,1-5H3. The van der Waals surface area contributed by atoms with Gasteiger partial charge in [0.1, 0.15) is 23.7 Å². The third-order valence-corrected chi connectivity index (χ3v) is 2.52. The highest BCUT2D eigenvalue weighted by atomic mass is 16.6. The summed E-state index contributed by atoms with van der Waals surface area (Å²) in [4.78, 5) is 28.6. The number of aromatic nitrogens is 1. The quantitative estimate of drug-likeness (QED) is 0.791. The van der Waals surface area contributed by atoms with Crippen molar-refractivity contribution in [1.82, 2.24) is 9.88 Å². The number of nitrogens with zero attached hydrogens (tertiary/aromatic N) is 2. The van der Waals surface area contributed by atoms with Crippen molar-refractivity contribution in [3.63, 3.8) is 0 Å². The fourth-order valence-corrected chi connectivity index (χ4v) is 1.52. The number of ether oxygens (including phenoxy) is 2.